The number of morpholine rings is 1. The fourth-order valence-corrected chi connectivity index (χ4v) is 2.23. The van der Waals surface area contributed by atoms with Gasteiger partial charge in [0.2, 0.25) is 0 Å². The predicted octanol–water partition coefficient (Wildman–Crippen LogP) is 2.70. The van der Waals surface area contributed by atoms with Gasteiger partial charge in [-0.2, -0.15) is 5.26 Å². The van der Waals surface area contributed by atoms with E-state index in [4.69, 9.17) is 33.2 Å². The fraction of sp³-hybridized carbons (Fsp3) is 0.364. The van der Waals surface area contributed by atoms with Gasteiger partial charge in [-0.05, 0) is 12.1 Å². The van der Waals surface area contributed by atoms with Crippen molar-refractivity contribution in [2.45, 2.75) is 0 Å². The Kier molecular flexibility index (Phi) is 3.55. The van der Waals surface area contributed by atoms with E-state index in [-0.39, 0.29) is 0 Å². The zero-order valence-electron chi connectivity index (χ0n) is 8.54. The molecule has 0 aliphatic carbocycles. The molecule has 0 unspecified atom stereocenters. The molecule has 0 saturated carbocycles. The van der Waals surface area contributed by atoms with E-state index in [1.165, 1.54) is 0 Å². The Labute approximate surface area is 104 Å². The van der Waals surface area contributed by atoms with Gasteiger partial charge in [0.05, 0.1) is 28.8 Å². The van der Waals surface area contributed by atoms with Crippen LogP contribution in [0.15, 0.2) is 12.1 Å². The Morgan fingerprint density at radius 3 is 2.25 bits per heavy atom. The van der Waals surface area contributed by atoms with Crippen molar-refractivity contribution in [2.24, 2.45) is 0 Å². The van der Waals surface area contributed by atoms with Gasteiger partial charge in [0.1, 0.15) is 6.07 Å². The average molecular weight is 257 g/mol. The van der Waals surface area contributed by atoms with Crippen LogP contribution in [0, 0.1) is 11.3 Å². The van der Waals surface area contributed by atoms with Gasteiger partial charge in [-0.1, -0.05) is 23.2 Å². The van der Waals surface area contributed by atoms with Crippen LogP contribution >= 0.6 is 23.2 Å². The van der Waals surface area contributed by atoms with Gasteiger partial charge in [0.15, 0.2) is 0 Å². The summed E-state index contributed by atoms with van der Waals surface area (Å²) >= 11 is 12.0. The number of rotatable bonds is 1. The number of halogens is 2. The molecule has 1 saturated heterocycles. The van der Waals surface area contributed by atoms with Crippen LogP contribution in [0.3, 0.4) is 0 Å². The second-order valence-electron chi connectivity index (χ2n) is 3.50. The highest BCUT2D eigenvalue weighted by atomic mass is 35.5. The Bertz CT molecular complexity index is 413. The van der Waals surface area contributed by atoms with Crippen molar-refractivity contribution in [2.75, 3.05) is 31.2 Å². The van der Waals surface area contributed by atoms with Crippen LogP contribution in [0.4, 0.5) is 5.69 Å². The van der Waals surface area contributed by atoms with E-state index in [1.54, 1.807) is 12.1 Å². The van der Waals surface area contributed by atoms with Gasteiger partial charge in [0.25, 0.3) is 0 Å². The second-order valence-corrected chi connectivity index (χ2v) is 4.31. The molecule has 5 heteroatoms. The third-order valence-electron chi connectivity index (χ3n) is 2.51. The van der Waals surface area contributed by atoms with E-state index < -0.39 is 0 Å². The maximum atomic E-state index is 8.85. The average Bonchev–Trinajstić information content (AvgIpc) is 2.30. The van der Waals surface area contributed by atoms with Gasteiger partial charge in [-0.3, -0.25) is 0 Å². The largest absolute Gasteiger partial charge is 0.378 e. The maximum Gasteiger partial charge on any atom is 0.102 e. The quantitative estimate of drug-likeness (QED) is 0.776. The molecule has 0 aromatic heterocycles. The SMILES string of the molecule is N#Cc1c(Cl)cc(N2CCOCC2)cc1Cl. The van der Waals surface area contributed by atoms with Gasteiger partial charge in [0, 0.05) is 18.8 Å². The first-order chi connectivity index (χ1) is 7.72. The highest BCUT2D eigenvalue weighted by Crippen LogP contribution is 2.30. The summed E-state index contributed by atoms with van der Waals surface area (Å²) < 4.78 is 5.27. The summed E-state index contributed by atoms with van der Waals surface area (Å²) in [7, 11) is 0. The zero-order chi connectivity index (χ0) is 11.5. The molecule has 0 atom stereocenters. The number of ether oxygens (including phenoxy) is 1. The van der Waals surface area contributed by atoms with Crippen molar-refractivity contribution < 1.29 is 4.74 Å². The summed E-state index contributed by atoms with van der Waals surface area (Å²) in [6, 6.07) is 5.54. The summed E-state index contributed by atoms with van der Waals surface area (Å²) in [5.74, 6) is 0. The minimum Gasteiger partial charge on any atom is -0.378 e. The molecule has 1 aliphatic rings. The number of nitrogens with zero attached hydrogens (tertiary/aromatic N) is 2. The van der Waals surface area contributed by atoms with Gasteiger partial charge in [-0.25, -0.2) is 0 Å². The molecule has 0 N–H and O–H groups in total. The van der Waals surface area contributed by atoms with Crippen molar-refractivity contribution in [1.82, 2.24) is 0 Å². The van der Waals surface area contributed by atoms with E-state index >= 15 is 0 Å². The molecular formula is C11H10Cl2N2O. The standard InChI is InChI=1S/C11H10Cl2N2O/c12-10-5-8(6-11(13)9(10)7-14)15-1-3-16-4-2-15/h5-6H,1-4H2. The van der Waals surface area contributed by atoms with E-state index in [2.05, 4.69) is 4.90 Å². The van der Waals surface area contributed by atoms with Crippen molar-refractivity contribution in [1.29, 1.82) is 5.26 Å². The number of benzene rings is 1. The van der Waals surface area contributed by atoms with Crippen LogP contribution in [-0.4, -0.2) is 26.3 Å². The lowest BCUT2D eigenvalue weighted by Gasteiger charge is -2.29. The number of anilines is 1. The summed E-state index contributed by atoms with van der Waals surface area (Å²) in [5, 5.41) is 9.65. The summed E-state index contributed by atoms with van der Waals surface area (Å²) in [5.41, 5.74) is 1.28. The van der Waals surface area contributed by atoms with Crippen molar-refractivity contribution in [3.05, 3.63) is 27.7 Å². The normalized spacial score (nSPS) is 15.9. The first-order valence-corrected chi connectivity index (χ1v) is 5.70. The molecule has 0 amide bonds. The molecule has 0 radical (unpaired) electrons. The predicted molar refractivity (Wildman–Crippen MR) is 64.2 cm³/mol. The Morgan fingerprint density at radius 2 is 1.75 bits per heavy atom. The molecule has 2 rings (SSSR count). The fourth-order valence-electron chi connectivity index (χ4n) is 1.67. The van der Waals surface area contributed by atoms with Crippen LogP contribution in [-0.2, 0) is 4.74 Å². The molecule has 1 fully saturated rings. The topological polar surface area (TPSA) is 36.3 Å². The molecule has 1 heterocycles. The highest BCUT2D eigenvalue weighted by Gasteiger charge is 2.14. The van der Waals surface area contributed by atoms with E-state index in [1.807, 2.05) is 6.07 Å². The second kappa shape index (κ2) is 4.92. The first-order valence-electron chi connectivity index (χ1n) is 4.94. The summed E-state index contributed by atoms with van der Waals surface area (Å²) in [4.78, 5) is 2.14. The number of nitriles is 1. The molecule has 1 aliphatic heterocycles. The summed E-state index contributed by atoms with van der Waals surface area (Å²) in [6.07, 6.45) is 0. The van der Waals surface area contributed by atoms with Gasteiger partial charge >= 0.3 is 0 Å². The van der Waals surface area contributed by atoms with Gasteiger partial charge in [-0.15, -0.1) is 0 Å². The van der Waals surface area contributed by atoms with Crippen LogP contribution in [0.2, 0.25) is 10.0 Å². The third-order valence-corrected chi connectivity index (χ3v) is 3.11. The molecule has 16 heavy (non-hydrogen) atoms. The lowest BCUT2D eigenvalue weighted by molar-refractivity contribution is 0.122. The molecule has 0 spiro atoms. The van der Waals surface area contributed by atoms with Crippen LogP contribution < -0.4 is 4.90 Å². The molecule has 1 aromatic rings. The maximum absolute atomic E-state index is 8.85. The lowest BCUT2D eigenvalue weighted by atomic mass is 10.2. The molecule has 3 nitrogen and oxygen atoms in total. The monoisotopic (exact) mass is 256 g/mol. The Balaban J connectivity index is 2.32. The van der Waals surface area contributed by atoms with Gasteiger partial charge < -0.3 is 9.64 Å². The first kappa shape index (κ1) is 11.5. The van der Waals surface area contributed by atoms with Crippen LogP contribution in [0.1, 0.15) is 5.56 Å². The minimum absolute atomic E-state index is 0.334. The van der Waals surface area contributed by atoms with E-state index in [9.17, 15) is 0 Å². The molecule has 1 aromatic carbocycles. The number of hydrogen-bond acceptors (Lipinski definition) is 3. The molecule has 0 bridgehead atoms. The van der Waals surface area contributed by atoms with Crippen LogP contribution in [0.25, 0.3) is 0 Å². The number of hydrogen-bond donors (Lipinski definition) is 0. The molecule has 84 valence electrons. The van der Waals surface area contributed by atoms with Crippen molar-refractivity contribution in [3.63, 3.8) is 0 Å². The Morgan fingerprint density at radius 1 is 1.19 bits per heavy atom. The third kappa shape index (κ3) is 2.25. The van der Waals surface area contributed by atoms with E-state index in [0.29, 0.717) is 28.8 Å². The van der Waals surface area contributed by atoms with E-state index in [0.717, 1.165) is 18.8 Å². The highest BCUT2D eigenvalue weighted by molar-refractivity contribution is 6.37. The minimum atomic E-state index is 0.334. The van der Waals surface area contributed by atoms with Crippen molar-refractivity contribution in [3.8, 4) is 6.07 Å². The van der Waals surface area contributed by atoms with Crippen molar-refractivity contribution >= 4 is 28.9 Å². The van der Waals surface area contributed by atoms with Crippen LogP contribution in [0.5, 0.6) is 0 Å². The lowest BCUT2D eigenvalue weighted by Crippen LogP contribution is -2.36. The Hall–Kier alpha value is -0.950. The smallest absolute Gasteiger partial charge is 0.102 e. The summed E-state index contributed by atoms with van der Waals surface area (Å²) in [6.45, 7) is 3.04. The zero-order valence-corrected chi connectivity index (χ0v) is 10.1. The molecular weight excluding hydrogens is 247 g/mol.